The van der Waals surface area contributed by atoms with Crippen molar-refractivity contribution in [2.24, 2.45) is 0 Å². The number of nitro groups is 1. The predicted octanol–water partition coefficient (Wildman–Crippen LogP) is 3.62. The number of hydrogen-bond donors (Lipinski definition) is 1. The van der Waals surface area contributed by atoms with Gasteiger partial charge in [0, 0.05) is 32.4 Å². The molecule has 0 bridgehead atoms. The Morgan fingerprint density at radius 2 is 2.16 bits per heavy atom. The van der Waals surface area contributed by atoms with Crippen LogP contribution in [0.25, 0.3) is 0 Å². The molecule has 0 aliphatic rings. The summed E-state index contributed by atoms with van der Waals surface area (Å²) in [5, 5.41) is 13.4. The van der Waals surface area contributed by atoms with E-state index in [1.807, 2.05) is 0 Å². The maximum Gasteiger partial charge on any atom is 0.294 e. The maximum absolute atomic E-state index is 13.3. The molecule has 1 aromatic carbocycles. The van der Waals surface area contributed by atoms with Crippen LogP contribution in [0.4, 0.5) is 15.8 Å². The van der Waals surface area contributed by atoms with E-state index in [-0.39, 0.29) is 16.4 Å². The molecular formula is C12H16ClFN2O3. The van der Waals surface area contributed by atoms with Crippen LogP contribution in [0.15, 0.2) is 12.1 Å². The van der Waals surface area contributed by atoms with Gasteiger partial charge in [-0.25, -0.2) is 4.39 Å². The molecule has 5 nitrogen and oxygen atoms in total. The highest BCUT2D eigenvalue weighted by molar-refractivity contribution is 6.31. The highest BCUT2D eigenvalue weighted by Crippen LogP contribution is 2.30. The van der Waals surface area contributed by atoms with E-state index in [1.165, 1.54) is 0 Å². The van der Waals surface area contributed by atoms with Crippen molar-refractivity contribution in [1.29, 1.82) is 0 Å². The highest BCUT2D eigenvalue weighted by Gasteiger charge is 2.17. The van der Waals surface area contributed by atoms with Crippen LogP contribution >= 0.6 is 11.6 Å². The number of unbranched alkanes of at least 4 members (excludes halogenated alkanes) is 2. The molecular weight excluding hydrogens is 275 g/mol. The van der Waals surface area contributed by atoms with E-state index in [1.54, 1.807) is 7.11 Å². The molecule has 0 spiro atoms. The Morgan fingerprint density at radius 3 is 2.79 bits per heavy atom. The fourth-order valence-electron chi connectivity index (χ4n) is 1.60. The average molecular weight is 291 g/mol. The molecule has 0 unspecified atom stereocenters. The predicted molar refractivity (Wildman–Crippen MR) is 72.3 cm³/mol. The number of hydrogen-bond acceptors (Lipinski definition) is 4. The van der Waals surface area contributed by atoms with Crippen molar-refractivity contribution >= 4 is 23.0 Å². The third kappa shape index (κ3) is 5.00. The summed E-state index contributed by atoms with van der Waals surface area (Å²) >= 11 is 5.53. The van der Waals surface area contributed by atoms with Gasteiger partial charge in [0.25, 0.3) is 5.69 Å². The molecule has 0 radical (unpaired) electrons. The molecule has 1 rings (SSSR count). The molecule has 1 N–H and O–H groups in total. The standard InChI is InChI=1S/C12H16ClFN2O3/c1-19-6-4-2-3-5-15-11-8-10(14)9(13)7-12(11)16(17)18/h7-8,15H,2-6H2,1H3. The van der Waals surface area contributed by atoms with E-state index in [4.69, 9.17) is 16.3 Å². The molecule has 0 heterocycles. The van der Waals surface area contributed by atoms with Crippen LogP contribution in [-0.2, 0) is 4.74 Å². The number of nitrogens with one attached hydrogen (secondary N) is 1. The van der Waals surface area contributed by atoms with Gasteiger partial charge in [-0.3, -0.25) is 10.1 Å². The molecule has 106 valence electrons. The fourth-order valence-corrected chi connectivity index (χ4v) is 1.76. The van der Waals surface area contributed by atoms with Gasteiger partial charge in [-0.15, -0.1) is 0 Å². The lowest BCUT2D eigenvalue weighted by Crippen LogP contribution is -2.05. The van der Waals surface area contributed by atoms with Crippen LogP contribution in [0.1, 0.15) is 19.3 Å². The second kappa shape index (κ2) is 7.91. The Kier molecular flexibility index (Phi) is 6.52. The summed E-state index contributed by atoms with van der Waals surface area (Å²) in [6.45, 7) is 1.22. The van der Waals surface area contributed by atoms with E-state index in [2.05, 4.69) is 5.32 Å². The van der Waals surface area contributed by atoms with Gasteiger partial charge in [0.05, 0.1) is 9.95 Å². The van der Waals surface area contributed by atoms with Crippen LogP contribution in [0.2, 0.25) is 5.02 Å². The smallest absolute Gasteiger partial charge is 0.294 e. The lowest BCUT2D eigenvalue weighted by Gasteiger charge is -2.08. The van der Waals surface area contributed by atoms with Crippen LogP contribution in [0.3, 0.4) is 0 Å². The zero-order valence-electron chi connectivity index (χ0n) is 10.6. The van der Waals surface area contributed by atoms with E-state index in [0.717, 1.165) is 31.4 Å². The fraction of sp³-hybridized carbons (Fsp3) is 0.500. The highest BCUT2D eigenvalue weighted by atomic mass is 35.5. The number of benzene rings is 1. The average Bonchev–Trinajstić information content (AvgIpc) is 2.37. The molecule has 0 amide bonds. The van der Waals surface area contributed by atoms with Gasteiger partial charge in [0.1, 0.15) is 11.5 Å². The Morgan fingerprint density at radius 1 is 1.42 bits per heavy atom. The number of methoxy groups -OCH3 is 1. The lowest BCUT2D eigenvalue weighted by molar-refractivity contribution is -0.384. The largest absolute Gasteiger partial charge is 0.385 e. The number of halogens is 2. The van der Waals surface area contributed by atoms with Gasteiger partial charge >= 0.3 is 0 Å². The summed E-state index contributed by atoms with van der Waals surface area (Å²) in [4.78, 5) is 10.2. The van der Waals surface area contributed by atoms with E-state index >= 15 is 0 Å². The van der Waals surface area contributed by atoms with Crippen molar-refractivity contribution in [3.63, 3.8) is 0 Å². The van der Waals surface area contributed by atoms with E-state index in [0.29, 0.717) is 13.2 Å². The molecule has 0 fully saturated rings. The van der Waals surface area contributed by atoms with Gasteiger partial charge in [0.2, 0.25) is 0 Å². The van der Waals surface area contributed by atoms with Gasteiger partial charge in [-0.05, 0) is 19.3 Å². The van der Waals surface area contributed by atoms with Crippen molar-refractivity contribution in [3.8, 4) is 0 Å². The summed E-state index contributed by atoms with van der Waals surface area (Å²) in [5.74, 6) is -0.672. The van der Waals surface area contributed by atoms with Crippen molar-refractivity contribution in [1.82, 2.24) is 0 Å². The summed E-state index contributed by atoms with van der Waals surface area (Å²) in [6.07, 6.45) is 2.69. The molecule has 0 aliphatic carbocycles. The molecule has 1 aromatic rings. The van der Waals surface area contributed by atoms with E-state index in [9.17, 15) is 14.5 Å². The van der Waals surface area contributed by atoms with E-state index < -0.39 is 10.7 Å². The maximum atomic E-state index is 13.3. The van der Waals surface area contributed by atoms with Gasteiger partial charge in [-0.1, -0.05) is 11.6 Å². The first-order chi connectivity index (χ1) is 9.06. The topological polar surface area (TPSA) is 64.4 Å². The van der Waals surface area contributed by atoms with Gasteiger partial charge in [-0.2, -0.15) is 0 Å². The zero-order valence-corrected chi connectivity index (χ0v) is 11.4. The van der Waals surface area contributed by atoms with Crippen LogP contribution in [0.5, 0.6) is 0 Å². The normalized spacial score (nSPS) is 10.5. The van der Waals surface area contributed by atoms with Gasteiger partial charge in [0.15, 0.2) is 0 Å². The third-order valence-corrected chi connectivity index (χ3v) is 2.87. The number of rotatable bonds is 8. The molecule has 19 heavy (non-hydrogen) atoms. The minimum absolute atomic E-state index is 0.152. The number of nitrogens with zero attached hydrogens (tertiary/aromatic N) is 1. The minimum Gasteiger partial charge on any atom is -0.385 e. The van der Waals surface area contributed by atoms with Crippen LogP contribution in [-0.4, -0.2) is 25.2 Å². The molecule has 0 aromatic heterocycles. The first-order valence-electron chi connectivity index (χ1n) is 5.92. The number of ether oxygens (including phenoxy) is 1. The first kappa shape index (κ1) is 15.7. The van der Waals surface area contributed by atoms with Crippen molar-refractivity contribution in [3.05, 3.63) is 33.1 Å². The quantitative estimate of drug-likeness (QED) is 0.451. The van der Waals surface area contributed by atoms with Crippen molar-refractivity contribution < 1.29 is 14.1 Å². The molecule has 0 aliphatic heterocycles. The summed E-state index contributed by atoms with van der Waals surface area (Å²) in [7, 11) is 1.64. The Hall–Kier alpha value is -1.40. The van der Waals surface area contributed by atoms with Crippen LogP contribution < -0.4 is 5.32 Å². The monoisotopic (exact) mass is 290 g/mol. The van der Waals surface area contributed by atoms with Gasteiger partial charge < -0.3 is 10.1 Å². The Balaban J connectivity index is 2.57. The number of anilines is 1. The minimum atomic E-state index is -0.672. The number of nitro benzene ring substituents is 1. The third-order valence-electron chi connectivity index (χ3n) is 2.58. The SMILES string of the molecule is COCCCCCNc1cc(F)c(Cl)cc1[N+](=O)[O-]. The molecule has 7 heteroatoms. The van der Waals surface area contributed by atoms with Crippen LogP contribution in [0, 0.1) is 15.9 Å². The first-order valence-corrected chi connectivity index (χ1v) is 6.30. The second-order valence-electron chi connectivity index (χ2n) is 4.02. The summed E-state index contributed by atoms with van der Waals surface area (Å²) in [6, 6.07) is 2.07. The lowest BCUT2D eigenvalue weighted by atomic mass is 10.2. The summed E-state index contributed by atoms with van der Waals surface area (Å²) < 4.78 is 18.2. The molecule has 0 atom stereocenters. The zero-order chi connectivity index (χ0) is 14.3. The van der Waals surface area contributed by atoms with Crippen molar-refractivity contribution in [2.45, 2.75) is 19.3 Å². The summed E-state index contributed by atoms with van der Waals surface area (Å²) in [5.41, 5.74) is -0.0677. The van der Waals surface area contributed by atoms with Crippen molar-refractivity contribution in [2.75, 3.05) is 25.6 Å². The second-order valence-corrected chi connectivity index (χ2v) is 4.43. The Labute approximate surface area is 115 Å². The molecule has 0 saturated carbocycles. The Bertz CT molecular complexity index is 443. The molecule has 0 saturated heterocycles.